The summed E-state index contributed by atoms with van der Waals surface area (Å²) in [5, 5.41) is 0. The maximum Gasteiger partial charge on any atom is 0.261 e. The van der Waals surface area contributed by atoms with E-state index in [4.69, 9.17) is 4.74 Å². The Hall–Kier alpha value is -3.39. The molecule has 3 aliphatic rings. The number of carbonyl (C=O) groups is 2. The van der Waals surface area contributed by atoms with E-state index in [0.29, 0.717) is 52.5 Å². The summed E-state index contributed by atoms with van der Waals surface area (Å²) >= 11 is 0. The average Bonchev–Trinajstić information content (AvgIpc) is 3.34. The van der Waals surface area contributed by atoms with E-state index in [1.807, 2.05) is 13.8 Å². The molecule has 3 unspecified atom stereocenters. The molecule has 2 aromatic heterocycles. The van der Waals surface area contributed by atoms with E-state index >= 15 is 0 Å². The van der Waals surface area contributed by atoms with Gasteiger partial charge in [-0.3, -0.25) is 19.5 Å². The van der Waals surface area contributed by atoms with E-state index in [2.05, 4.69) is 14.9 Å². The number of halogens is 1. The van der Waals surface area contributed by atoms with Gasteiger partial charge in [-0.1, -0.05) is 26.0 Å². The molecule has 0 spiro atoms. The molecular formula is C27H29FN4O3. The van der Waals surface area contributed by atoms with Gasteiger partial charge in [-0.2, -0.15) is 0 Å². The molecule has 4 heterocycles. The van der Waals surface area contributed by atoms with Gasteiger partial charge in [-0.25, -0.2) is 9.37 Å². The molecule has 1 saturated heterocycles. The molecule has 2 aliphatic heterocycles. The van der Waals surface area contributed by atoms with Crippen LogP contribution in [-0.2, 0) is 6.42 Å². The summed E-state index contributed by atoms with van der Waals surface area (Å²) in [6.07, 6.45) is 2.58. The molecule has 8 heteroatoms. The van der Waals surface area contributed by atoms with Crippen LogP contribution in [0.2, 0.25) is 0 Å². The zero-order chi connectivity index (χ0) is 24.7. The number of methoxy groups -OCH3 is 1. The Labute approximate surface area is 203 Å². The number of carbonyl (C=O) groups excluding carboxylic acids is 2. The predicted molar refractivity (Wildman–Crippen MR) is 130 cm³/mol. The van der Waals surface area contributed by atoms with Crippen LogP contribution < -0.4 is 4.74 Å². The molecule has 1 aromatic carbocycles. The van der Waals surface area contributed by atoms with Gasteiger partial charge >= 0.3 is 0 Å². The SMILES string of the molecule is CC.COc1ccc2ncc(F)c(CCN3CC4CC(N5C(=O)c6ccccc6C5=O)C4C3)c2n1. The first-order chi connectivity index (χ1) is 17.0. The lowest BCUT2D eigenvalue weighted by Gasteiger charge is -2.43. The monoisotopic (exact) mass is 476 g/mol. The lowest BCUT2D eigenvalue weighted by molar-refractivity contribution is 0.0271. The topological polar surface area (TPSA) is 75.6 Å². The van der Waals surface area contributed by atoms with Crippen molar-refractivity contribution in [3.63, 3.8) is 0 Å². The minimum atomic E-state index is -0.366. The molecule has 6 rings (SSSR count). The number of fused-ring (bicyclic) bond motifs is 3. The highest BCUT2D eigenvalue weighted by atomic mass is 19.1. The second-order valence-corrected chi connectivity index (χ2v) is 9.07. The third kappa shape index (κ3) is 3.86. The standard InChI is InChI=1S/C25H23FN4O3.C2H6/c1-33-22-7-6-20-23(28-22)17(19(26)11-27-20)8-9-29-12-14-10-21(18(14)13-29)30-24(31)15-4-2-3-5-16(15)25(30)32;1-2/h2-7,11,14,18,21H,8-10,12-13H2,1H3;1-2H3. The van der Waals surface area contributed by atoms with Gasteiger partial charge in [0, 0.05) is 37.3 Å². The third-order valence-electron chi connectivity index (χ3n) is 7.39. The first kappa shape index (κ1) is 23.4. The van der Waals surface area contributed by atoms with Gasteiger partial charge in [0.2, 0.25) is 5.88 Å². The lowest BCUT2D eigenvalue weighted by Crippen LogP contribution is -2.54. The van der Waals surface area contributed by atoms with Crippen molar-refractivity contribution < 1.29 is 18.7 Å². The second-order valence-electron chi connectivity index (χ2n) is 9.07. The van der Waals surface area contributed by atoms with Crippen molar-refractivity contribution in [2.45, 2.75) is 32.7 Å². The Morgan fingerprint density at radius 1 is 1.06 bits per heavy atom. The van der Waals surface area contributed by atoms with Crippen molar-refractivity contribution in [1.29, 1.82) is 0 Å². The van der Waals surface area contributed by atoms with Crippen molar-refractivity contribution in [1.82, 2.24) is 19.8 Å². The maximum atomic E-state index is 14.6. The largest absolute Gasteiger partial charge is 0.481 e. The number of aromatic nitrogens is 2. The van der Waals surface area contributed by atoms with Gasteiger partial charge in [0.25, 0.3) is 11.8 Å². The van der Waals surface area contributed by atoms with Crippen molar-refractivity contribution in [2.24, 2.45) is 11.8 Å². The van der Waals surface area contributed by atoms with Crippen LogP contribution in [0, 0.1) is 17.7 Å². The zero-order valence-electron chi connectivity index (χ0n) is 20.2. The van der Waals surface area contributed by atoms with Gasteiger partial charge in [0.1, 0.15) is 5.82 Å². The lowest BCUT2D eigenvalue weighted by atomic mass is 9.70. The van der Waals surface area contributed by atoms with Crippen LogP contribution in [-0.4, -0.2) is 64.4 Å². The highest BCUT2D eigenvalue weighted by molar-refractivity contribution is 6.21. The fourth-order valence-electron chi connectivity index (χ4n) is 5.65. The average molecular weight is 477 g/mol. The normalized spacial score (nSPS) is 23.0. The minimum Gasteiger partial charge on any atom is -0.481 e. The number of pyridine rings is 2. The molecule has 1 aliphatic carbocycles. The van der Waals surface area contributed by atoms with Crippen molar-refractivity contribution in [3.8, 4) is 5.88 Å². The van der Waals surface area contributed by atoms with Crippen LogP contribution in [0.3, 0.4) is 0 Å². The van der Waals surface area contributed by atoms with E-state index in [9.17, 15) is 14.0 Å². The van der Waals surface area contributed by atoms with Crippen molar-refractivity contribution in [3.05, 3.63) is 65.1 Å². The quantitative estimate of drug-likeness (QED) is 0.519. The number of amides is 2. The molecule has 3 aromatic rings. The number of ether oxygens (including phenoxy) is 1. The van der Waals surface area contributed by atoms with Crippen LogP contribution in [0.15, 0.2) is 42.6 Å². The summed E-state index contributed by atoms with van der Waals surface area (Å²) in [6.45, 7) is 6.37. The number of imide groups is 1. The van der Waals surface area contributed by atoms with E-state index < -0.39 is 0 Å². The van der Waals surface area contributed by atoms with E-state index in [-0.39, 0.29) is 29.6 Å². The molecule has 1 saturated carbocycles. The molecule has 182 valence electrons. The van der Waals surface area contributed by atoms with E-state index in [1.54, 1.807) is 36.4 Å². The number of hydrogen-bond acceptors (Lipinski definition) is 6. The van der Waals surface area contributed by atoms with Crippen LogP contribution in [0.25, 0.3) is 11.0 Å². The number of benzene rings is 1. The van der Waals surface area contributed by atoms with Crippen molar-refractivity contribution >= 4 is 22.8 Å². The Bertz CT molecular complexity index is 1260. The molecule has 0 N–H and O–H groups in total. The fraction of sp³-hybridized carbons (Fsp3) is 0.407. The first-order valence-electron chi connectivity index (χ1n) is 12.2. The Kier molecular flexibility index (Phi) is 6.23. The Morgan fingerprint density at radius 3 is 2.46 bits per heavy atom. The highest BCUT2D eigenvalue weighted by Crippen LogP contribution is 2.46. The van der Waals surface area contributed by atoms with Crippen LogP contribution >= 0.6 is 0 Å². The van der Waals surface area contributed by atoms with E-state index in [0.717, 1.165) is 19.5 Å². The fourth-order valence-corrected chi connectivity index (χ4v) is 5.65. The van der Waals surface area contributed by atoms with Crippen LogP contribution in [0.4, 0.5) is 4.39 Å². The first-order valence-corrected chi connectivity index (χ1v) is 12.2. The van der Waals surface area contributed by atoms with Gasteiger partial charge in [-0.05, 0) is 42.9 Å². The molecule has 3 atom stereocenters. The molecule has 7 nitrogen and oxygen atoms in total. The molecule has 2 amide bonds. The zero-order valence-corrected chi connectivity index (χ0v) is 20.2. The molecular weight excluding hydrogens is 447 g/mol. The number of rotatable bonds is 5. The second kappa shape index (κ2) is 9.34. The van der Waals surface area contributed by atoms with Crippen LogP contribution in [0.5, 0.6) is 5.88 Å². The summed E-state index contributed by atoms with van der Waals surface area (Å²) in [6, 6.07) is 10.5. The van der Waals surface area contributed by atoms with Gasteiger partial charge in [-0.15, -0.1) is 0 Å². The molecule has 2 fully saturated rings. The maximum absolute atomic E-state index is 14.6. The molecule has 0 bridgehead atoms. The highest BCUT2D eigenvalue weighted by Gasteiger charge is 2.54. The van der Waals surface area contributed by atoms with E-state index in [1.165, 1.54) is 18.2 Å². The predicted octanol–water partition coefficient (Wildman–Crippen LogP) is 3.96. The van der Waals surface area contributed by atoms with Crippen molar-refractivity contribution in [2.75, 3.05) is 26.7 Å². The smallest absolute Gasteiger partial charge is 0.261 e. The summed E-state index contributed by atoms with van der Waals surface area (Å²) in [4.78, 5) is 38.1. The van der Waals surface area contributed by atoms with Gasteiger partial charge in [0.15, 0.2) is 0 Å². The Morgan fingerprint density at radius 2 is 1.77 bits per heavy atom. The van der Waals surface area contributed by atoms with Gasteiger partial charge in [0.05, 0.1) is 35.5 Å². The summed E-state index contributed by atoms with van der Waals surface area (Å²) < 4.78 is 19.8. The summed E-state index contributed by atoms with van der Waals surface area (Å²) in [5.74, 6) is 0.431. The Balaban J connectivity index is 0.00000124. The van der Waals surface area contributed by atoms with Crippen LogP contribution in [0.1, 0.15) is 46.5 Å². The summed E-state index contributed by atoms with van der Waals surface area (Å²) in [7, 11) is 1.53. The molecule has 35 heavy (non-hydrogen) atoms. The number of nitrogens with zero attached hydrogens (tertiary/aromatic N) is 4. The summed E-state index contributed by atoms with van der Waals surface area (Å²) in [5.41, 5.74) is 2.71. The third-order valence-corrected chi connectivity index (χ3v) is 7.39. The number of hydrogen-bond donors (Lipinski definition) is 0. The molecule has 0 radical (unpaired) electrons. The number of likely N-dealkylation sites (tertiary alicyclic amines) is 1. The van der Waals surface area contributed by atoms with Gasteiger partial charge < -0.3 is 9.64 Å². The minimum absolute atomic E-state index is 0.0585.